The smallest absolute Gasteiger partial charge is 0.251 e. The molecule has 0 spiro atoms. The van der Waals surface area contributed by atoms with E-state index in [2.05, 4.69) is 10.6 Å². The van der Waals surface area contributed by atoms with Gasteiger partial charge in [0.25, 0.3) is 5.91 Å². The standard InChI is InChI=1S/C15H24N2O2/c1-5-16-13-6-7-14(11(2)10-13)15(18)17-12(3)8-9-19-4/h6-7,10,12,16H,5,8-9H2,1-4H3,(H,17,18). The zero-order chi connectivity index (χ0) is 14.3. The van der Waals surface area contributed by atoms with E-state index >= 15 is 0 Å². The van der Waals surface area contributed by atoms with Crippen LogP contribution in [0.4, 0.5) is 5.69 Å². The molecule has 0 saturated carbocycles. The normalized spacial score (nSPS) is 12.0. The number of hydrogen-bond donors (Lipinski definition) is 2. The van der Waals surface area contributed by atoms with Crippen LogP contribution < -0.4 is 10.6 Å². The van der Waals surface area contributed by atoms with Gasteiger partial charge in [0.15, 0.2) is 0 Å². The number of ether oxygens (including phenoxy) is 1. The number of rotatable bonds is 7. The summed E-state index contributed by atoms with van der Waals surface area (Å²) in [5, 5.41) is 6.22. The molecule has 106 valence electrons. The summed E-state index contributed by atoms with van der Waals surface area (Å²) in [6, 6.07) is 5.91. The van der Waals surface area contributed by atoms with Crippen LogP contribution in [-0.4, -0.2) is 32.2 Å². The number of anilines is 1. The Kier molecular flexibility index (Phi) is 6.36. The van der Waals surface area contributed by atoms with Crippen LogP contribution in [0.1, 0.15) is 36.2 Å². The SMILES string of the molecule is CCNc1ccc(C(=O)NC(C)CCOC)c(C)c1. The minimum atomic E-state index is -0.0239. The van der Waals surface area contributed by atoms with Gasteiger partial charge in [0.05, 0.1) is 0 Å². The number of methoxy groups -OCH3 is 1. The van der Waals surface area contributed by atoms with Crippen molar-refractivity contribution >= 4 is 11.6 Å². The van der Waals surface area contributed by atoms with Crippen LogP contribution in [0.15, 0.2) is 18.2 Å². The average molecular weight is 264 g/mol. The first-order valence-corrected chi connectivity index (χ1v) is 6.72. The number of carbonyl (C=O) groups is 1. The van der Waals surface area contributed by atoms with E-state index in [0.29, 0.717) is 6.61 Å². The van der Waals surface area contributed by atoms with Gasteiger partial charge in [0, 0.05) is 37.6 Å². The molecule has 19 heavy (non-hydrogen) atoms. The van der Waals surface area contributed by atoms with E-state index in [4.69, 9.17) is 4.74 Å². The molecule has 1 amide bonds. The van der Waals surface area contributed by atoms with Crippen LogP contribution >= 0.6 is 0 Å². The lowest BCUT2D eigenvalue weighted by atomic mass is 10.1. The summed E-state index contributed by atoms with van der Waals surface area (Å²) in [4.78, 5) is 12.1. The summed E-state index contributed by atoms with van der Waals surface area (Å²) in [6.07, 6.45) is 0.816. The summed E-state index contributed by atoms with van der Waals surface area (Å²) in [7, 11) is 1.66. The number of amides is 1. The molecular weight excluding hydrogens is 240 g/mol. The Morgan fingerprint density at radius 3 is 2.74 bits per heavy atom. The van der Waals surface area contributed by atoms with Crippen LogP contribution in [0.25, 0.3) is 0 Å². The summed E-state index contributed by atoms with van der Waals surface area (Å²) < 4.78 is 5.01. The molecule has 0 aliphatic rings. The maximum Gasteiger partial charge on any atom is 0.251 e. The maximum absolute atomic E-state index is 12.1. The lowest BCUT2D eigenvalue weighted by Crippen LogP contribution is -2.33. The Morgan fingerprint density at radius 2 is 2.16 bits per heavy atom. The van der Waals surface area contributed by atoms with Crippen molar-refractivity contribution in [3.63, 3.8) is 0 Å². The molecule has 2 N–H and O–H groups in total. The van der Waals surface area contributed by atoms with Gasteiger partial charge >= 0.3 is 0 Å². The van der Waals surface area contributed by atoms with Gasteiger partial charge < -0.3 is 15.4 Å². The van der Waals surface area contributed by atoms with Crippen molar-refractivity contribution in [2.45, 2.75) is 33.2 Å². The Bertz CT molecular complexity index is 419. The minimum absolute atomic E-state index is 0.0239. The molecule has 1 atom stereocenters. The van der Waals surface area contributed by atoms with Gasteiger partial charge in [0.2, 0.25) is 0 Å². The van der Waals surface area contributed by atoms with E-state index in [1.165, 1.54) is 0 Å². The topological polar surface area (TPSA) is 50.4 Å². The van der Waals surface area contributed by atoms with Gasteiger partial charge in [-0.05, 0) is 51.0 Å². The highest BCUT2D eigenvalue weighted by molar-refractivity contribution is 5.96. The van der Waals surface area contributed by atoms with Crippen molar-refractivity contribution in [1.29, 1.82) is 0 Å². The highest BCUT2D eigenvalue weighted by Crippen LogP contribution is 2.15. The van der Waals surface area contributed by atoms with E-state index in [9.17, 15) is 4.79 Å². The van der Waals surface area contributed by atoms with Gasteiger partial charge in [-0.25, -0.2) is 0 Å². The number of benzene rings is 1. The van der Waals surface area contributed by atoms with Crippen molar-refractivity contribution in [3.05, 3.63) is 29.3 Å². The van der Waals surface area contributed by atoms with Crippen LogP contribution in [0, 0.1) is 6.92 Å². The third kappa shape index (κ3) is 4.91. The highest BCUT2D eigenvalue weighted by atomic mass is 16.5. The molecule has 0 saturated heterocycles. The fourth-order valence-electron chi connectivity index (χ4n) is 1.90. The molecule has 0 aromatic heterocycles. The minimum Gasteiger partial charge on any atom is -0.385 e. The van der Waals surface area contributed by atoms with Gasteiger partial charge in [0.1, 0.15) is 0 Å². The molecule has 4 nitrogen and oxygen atoms in total. The Labute approximate surface area is 115 Å². The van der Waals surface area contributed by atoms with E-state index < -0.39 is 0 Å². The third-order valence-electron chi connectivity index (χ3n) is 2.98. The lowest BCUT2D eigenvalue weighted by Gasteiger charge is -2.15. The van der Waals surface area contributed by atoms with E-state index in [0.717, 1.165) is 29.8 Å². The maximum atomic E-state index is 12.1. The quantitative estimate of drug-likeness (QED) is 0.796. The van der Waals surface area contributed by atoms with E-state index in [1.54, 1.807) is 7.11 Å². The second-order valence-corrected chi connectivity index (χ2v) is 4.72. The molecule has 0 radical (unpaired) electrons. The van der Waals surface area contributed by atoms with E-state index in [-0.39, 0.29) is 11.9 Å². The van der Waals surface area contributed by atoms with Crippen LogP contribution in [0.3, 0.4) is 0 Å². The zero-order valence-corrected chi connectivity index (χ0v) is 12.2. The first-order chi connectivity index (χ1) is 9.08. The fourth-order valence-corrected chi connectivity index (χ4v) is 1.90. The van der Waals surface area contributed by atoms with Gasteiger partial charge in [-0.15, -0.1) is 0 Å². The second kappa shape index (κ2) is 7.79. The first-order valence-electron chi connectivity index (χ1n) is 6.72. The fraction of sp³-hybridized carbons (Fsp3) is 0.533. The van der Waals surface area contributed by atoms with Crippen molar-refractivity contribution in [2.75, 3.05) is 25.6 Å². The largest absolute Gasteiger partial charge is 0.385 e. The van der Waals surface area contributed by atoms with Crippen molar-refractivity contribution in [3.8, 4) is 0 Å². The van der Waals surface area contributed by atoms with Crippen molar-refractivity contribution in [2.24, 2.45) is 0 Å². The number of carbonyl (C=O) groups excluding carboxylic acids is 1. The van der Waals surface area contributed by atoms with Crippen LogP contribution in [-0.2, 0) is 4.74 Å². The summed E-state index contributed by atoms with van der Waals surface area (Å²) >= 11 is 0. The molecule has 1 aromatic carbocycles. The molecular formula is C15H24N2O2. The average Bonchev–Trinajstić information content (AvgIpc) is 2.36. The van der Waals surface area contributed by atoms with Crippen LogP contribution in [0.5, 0.6) is 0 Å². The van der Waals surface area contributed by atoms with Crippen molar-refractivity contribution < 1.29 is 9.53 Å². The Hall–Kier alpha value is -1.55. The molecule has 1 unspecified atom stereocenters. The molecule has 0 fully saturated rings. The molecule has 0 bridgehead atoms. The first kappa shape index (κ1) is 15.5. The predicted molar refractivity (Wildman–Crippen MR) is 78.8 cm³/mol. The zero-order valence-electron chi connectivity index (χ0n) is 12.2. The summed E-state index contributed by atoms with van der Waals surface area (Å²) in [5.41, 5.74) is 2.75. The molecule has 0 aliphatic carbocycles. The van der Waals surface area contributed by atoms with Gasteiger partial charge in [-0.2, -0.15) is 0 Å². The van der Waals surface area contributed by atoms with Crippen molar-refractivity contribution in [1.82, 2.24) is 5.32 Å². The highest BCUT2D eigenvalue weighted by Gasteiger charge is 2.12. The monoisotopic (exact) mass is 264 g/mol. The summed E-state index contributed by atoms with van der Waals surface area (Å²) in [6.45, 7) is 7.51. The Morgan fingerprint density at radius 1 is 1.42 bits per heavy atom. The summed E-state index contributed by atoms with van der Waals surface area (Å²) in [5.74, 6) is -0.0239. The Balaban J connectivity index is 2.66. The number of nitrogens with one attached hydrogen (secondary N) is 2. The molecule has 4 heteroatoms. The molecule has 0 aliphatic heterocycles. The third-order valence-corrected chi connectivity index (χ3v) is 2.98. The predicted octanol–water partition coefficient (Wildman–Crippen LogP) is 2.58. The molecule has 1 aromatic rings. The number of hydrogen-bond acceptors (Lipinski definition) is 3. The number of aryl methyl sites for hydroxylation is 1. The molecule has 0 heterocycles. The second-order valence-electron chi connectivity index (χ2n) is 4.72. The van der Waals surface area contributed by atoms with Crippen LogP contribution in [0.2, 0.25) is 0 Å². The van der Waals surface area contributed by atoms with Gasteiger partial charge in [-0.3, -0.25) is 4.79 Å². The lowest BCUT2D eigenvalue weighted by molar-refractivity contribution is 0.0929. The van der Waals surface area contributed by atoms with Gasteiger partial charge in [-0.1, -0.05) is 0 Å². The molecule has 1 rings (SSSR count). The van der Waals surface area contributed by atoms with E-state index in [1.807, 2.05) is 39.0 Å².